The molecule has 1 aliphatic rings. The minimum absolute atomic E-state index is 0.0271. The minimum Gasteiger partial charge on any atom is -0.379 e. The standard InChI is InChI=1S/C24H29N3O2S/c1-4-19-7-8-21-22(16-19)30-24(25-21)27(10-9-26-11-13-29-14-12-26)23(28)20-15-17(2)5-6-18(20)3/h5-8,15-16H,4,9-14H2,1-3H3. The van der Waals surface area contributed by atoms with Gasteiger partial charge in [0.05, 0.1) is 23.4 Å². The van der Waals surface area contributed by atoms with Gasteiger partial charge in [-0.25, -0.2) is 4.98 Å². The first kappa shape index (κ1) is 21.0. The predicted octanol–water partition coefficient (Wildman–Crippen LogP) is 4.45. The number of aryl methyl sites for hydroxylation is 3. The molecule has 30 heavy (non-hydrogen) atoms. The van der Waals surface area contributed by atoms with Crippen molar-refractivity contribution in [2.75, 3.05) is 44.3 Å². The Morgan fingerprint density at radius 1 is 1.17 bits per heavy atom. The lowest BCUT2D eigenvalue weighted by molar-refractivity contribution is 0.0391. The highest BCUT2D eigenvalue weighted by atomic mass is 32.1. The quantitative estimate of drug-likeness (QED) is 0.587. The van der Waals surface area contributed by atoms with Crippen LogP contribution in [0.25, 0.3) is 10.2 Å². The van der Waals surface area contributed by atoms with Crippen molar-refractivity contribution in [1.29, 1.82) is 0 Å². The van der Waals surface area contributed by atoms with Gasteiger partial charge in [-0.15, -0.1) is 0 Å². The van der Waals surface area contributed by atoms with Crippen LogP contribution in [-0.4, -0.2) is 55.2 Å². The highest BCUT2D eigenvalue weighted by Crippen LogP contribution is 2.31. The summed E-state index contributed by atoms with van der Waals surface area (Å²) >= 11 is 1.61. The maximum atomic E-state index is 13.6. The van der Waals surface area contributed by atoms with E-state index in [-0.39, 0.29) is 5.91 Å². The summed E-state index contributed by atoms with van der Waals surface area (Å²) in [4.78, 5) is 22.7. The number of anilines is 1. The number of fused-ring (bicyclic) bond motifs is 1. The third-order valence-corrected chi connectivity index (χ3v) is 6.73. The number of thiazole rings is 1. The molecule has 158 valence electrons. The Bertz CT molecular complexity index is 1040. The highest BCUT2D eigenvalue weighted by Gasteiger charge is 2.24. The molecule has 1 aliphatic heterocycles. The molecule has 2 heterocycles. The van der Waals surface area contributed by atoms with E-state index in [1.54, 1.807) is 11.3 Å². The van der Waals surface area contributed by atoms with Crippen molar-refractivity contribution in [3.8, 4) is 0 Å². The molecule has 0 radical (unpaired) electrons. The average Bonchev–Trinajstić information content (AvgIpc) is 3.19. The van der Waals surface area contributed by atoms with E-state index < -0.39 is 0 Å². The van der Waals surface area contributed by atoms with Crippen LogP contribution in [-0.2, 0) is 11.2 Å². The number of nitrogens with zero attached hydrogens (tertiary/aromatic N) is 3. The Hall–Kier alpha value is -2.28. The monoisotopic (exact) mass is 423 g/mol. The lowest BCUT2D eigenvalue weighted by atomic mass is 10.0. The second kappa shape index (κ2) is 9.25. The zero-order valence-electron chi connectivity index (χ0n) is 18.0. The molecule has 1 saturated heterocycles. The minimum atomic E-state index is 0.0271. The SMILES string of the molecule is CCc1ccc2nc(N(CCN3CCOCC3)C(=O)c3cc(C)ccc3C)sc2c1. The Morgan fingerprint density at radius 2 is 1.97 bits per heavy atom. The summed E-state index contributed by atoms with van der Waals surface area (Å²) in [6.07, 6.45) is 0.991. The Morgan fingerprint density at radius 3 is 2.73 bits per heavy atom. The van der Waals surface area contributed by atoms with Crippen LogP contribution < -0.4 is 4.90 Å². The van der Waals surface area contributed by atoms with E-state index in [4.69, 9.17) is 9.72 Å². The summed E-state index contributed by atoms with van der Waals surface area (Å²) in [7, 11) is 0. The van der Waals surface area contributed by atoms with Gasteiger partial charge in [0, 0.05) is 31.7 Å². The van der Waals surface area contributed by atoms with Crippen LogP contribution in [0.3, 0.4) is 0 Å². The van der Waals surface area contributed by atoms with E-state index in [1.807, 2.05) is 36.9 Å². The van der Waals surface area contributed by atoms with Gasteiger partial charge in [-0.3, -0.25) is 14.6 Å². The normalized spacial score (nSPS) is 14.9. The van der Waals surface area contributed by atoms with Gasteiger partial charge in [-0.2, -0.15) is 0 Å². The van der Waals surface area contributed by atoms with Crippen molar-refractivity contribution in [3.05, 3.63) is 58.7 Å². The Balaban J connectivity index is 1.67. The molecule has 6 heteroatoms. The lowest BCUT2D eigenvalue weighted by Crippen LogP contribution is -2.43. The number of ether oxygens (including phenoxy) is 1. The van der Waals surface area contributed by atoms with Crippen molar-refractivity contribution >= 4 is 32.6 Å². The van der Waals surface area contributed by atoms with Gasteiger partial charge in [-0.1, -0.05) is 42.0 Å². The molecule has 1 aromatic heterocycles. The lowest BCUT2D eigenvalue weighted by Gasteiger charge is -2.29. The smallest absolute Gasteiger partial charge is 0.260 e. The van der Waals surface area contributed by atoms with E-state index in [0.717, 1.165) is 71.3 Å². The number of rotatable bonds is 6. The molecular weight excluding hydrogens is 394 g/mol. The van der Waals surface area contributed by atoms with Crippen molar-refractivity contribution in [3.63, 3.8) is 0 Å². The molecule has 3 aromatic rings. The maximum absolute atomic E-state index is 13.6. The summed E-state index contributed by atoms with van der Waals surface area (Å²) in [5, 5.41) is 0.775. The Kier molecular flexibility index (Phi) is 6.46. The van der Waals surface area contributed by atoms with E-state index in [9.17, 15) is 4.79 Å². The fourth-order valence-corrected chi connectivity index (χ4v) is 4.81. The van der Waals surface area contributed by atoms with Crippen molar-refractivity contribution in [2.24, 2.45) is 0 Å². The largest absolute Gasteiger partial charge is 0.379 e. The molecule has 1 amide bonds. The van der Waals surface area contributed by atoms with Crippen molar-refractivity contribution in [1.82, 2.24) is 9.88 Å². The molecule has 1 fully saturated rings. The molecule has 0 spiro atoms. The van der Waals surface area contributed by atoms with Gasteiger partial charge in [-0.05, 0) is 49.6 Å². The molecule has 0 unspecified atom stereocenters. The molecular formula is C24H29N3O2S. The third kappa shape index (κ3) is 4.56. The number of morpholine rings is 1. The molecule has 0 atom stereocenters. The van der Waals surface area contributed by atoms with E-state index in [0.29, 0.717) is 6.54 Å². The summed E-state index contributed by atoms with van der Waals surface area (Å²) in [5.41, 5.74) is 5.09. The summed E-state index contributed by atoms with van der Waals surface area (Å²) in [5.74, 6) is 0.0271. The molecule has 0 saturated carbocycles. The summed E-state index contributed by atoms with van der Waals surface area (Å²) < 4.78 is 6.60. The van der Waals surface area contributed by atoms with E-state index in [1.165, 1.54) is 5.56 Å². The topological polar surface area (TPSA) is 45.7 Å². The number of hydrogen-bond donors (Lipinski definition) is 0. The third-order valence-electron chi connectivity index (χ3n) is 5.69. The predicted molar refractivity (Wildman–Crippen MR) is 124 cm³/mol. The zero-order valence-corrected chi connectivity index (χ0v) is 18.8. The molecule has 0 aliphatic carbocycles. The van der Waals surface area contributed by atoms with Gasteiger partial charge in [0.15, 0.2) is 5.13 Å². The number of aromatic nitrogens is 1. The summed E-state index contributed by atoms with van der Waals surface area (Å²) in [6, 6.07) is 12.4. The molecule has 5 nitrogen and oxygen atoms in total. The first-order valence-corrected chi connectivity index (χ1v) is 11.5. The first-order chi connectivity index (χ1) is 14.5. The number of amides is 1. The number of benzene rings is 2. The van der Waals surface area contributed by atoms with Crippen LogP contribution in [0.15, 0.2) is 36.4 Å². The van der Waals surface area contributed by atoms with Crippen LogP contribution in [0.1, 0.15) is 34.0 Å². The van der Waals surface area contributed by atoms with Crippen LogP contribution in [0.2, 0.25) is 0 Å². The van der Waals surface area contributed by atoms with Crippen LogP contribution in [0.4, 0.5) is 5.13 Å². The van der Waals surface area contributed by atoms with Crippen LogP contribution >= 0.6 is 11.3 Å². The molecule has 0 bridgehead atoms. The summed E-state index contributed by atoms with van der Waals surface area (Å²) in [6.45, 7) is 10.9. The second-order valence-electron chi connectivity index (χ2n) is 7.88. The Labute approximate surface area is 182 Å². The second-order valence-corrected chi connectivity index (χ2v) is 8.89. The van der Waals surface area contributed by atoms with Gasteiger partial charge < -0.3 is 4.74 Å². The van der Waals surface area contributed by atoms with Crippen molar-refractivity contribution < 1.29 is 9.53 Å². The van der Waals surface area contributed by atoms with E-state index in [2.05, 4.69) is 30.0 Å². The maximum Gasteiger partial charge on any atom is 0.260 e. The average molecular weight is 424 g/mol. The molecule has 2 aromatic carbocycles. The van der Waals surface area contributed by atoms with Crippen molar-refractivity contribution in [2.45, 2.75) is 27.2 Å². The highest BCUT2D eigenvalue weighted by molar-refractivity contribution is 7.22. The number of carbonyl (C=O) groups is 1. The fraction of sp³-hybridized carbons (Fsp3) is 0.417. The zero-order chi connectivity index (χ0) is 21.1. The van der Waals surface area contributed by atoms with Gasteiger partial charge in [0.25, 0.3) is 5.91 Å². The number of carbonyl (C=O) groups excluding carboxylic acids is 1. The van der Waals surface area contributed by atoms with Crippen LogP contribution in [0.5, 0.6) is 0 Å². The van der Waals surface area contributed by atoms with Gasteiger partial charge in [0.1, 0.15) is 0 Å². The number of hydrogen-bond acceptors (Lipinski definition) is 5. The van der Waals surface area contributed by atoms with Crippen LogP contribution in [0, 0.1) is 13.8 Å². The first-order valence-electron chi connectivity index (χ1n) is 10.6. The fourth-order valence-electron chi connectivity index (χ4n) is 3.75. The van der Waals surface area contributed by atoms with E-state index >= 15 is 0 Å². The molecule has 4 rings (SSSR count). The van der Waals surface area contributed by atoms with Gasteiger partial charge >= 0.3 is 0 Å². The molecule has 0 N–H and O–H groups in total. The van der Waals surface area contributed by atoms with Gasteiger partial charge in [0.2, 0.25) is 0 Å².